The molecular weight excluding hydrogens is 225 g/mol. The Morgan fingerprint density at radius 3 is 2.50 bits per heavy atom. The highest BCUT2D eigenvalue weighted by atomic mass is 35.5. The molecule has 66 valence electrons. The van der Waals surface area contributed by atoms with Crippen molar-refractivity contribution < 1.29 is 8.78 Å². The molecule has 5 heteroatoms. The van der Waals surface area contributed by atoms with E-state index >= 15 is 0 Å². The van der Waals surface area contributed by atoms with E-state index in [9.17, 15) is 8.78 Å². The van der Waals surface area contributed by atoms with Crippen LogP contribution in [-0.2, 0) is 0 Å². The lowest BCUT2D eigenvalue weighted by Crippen LogP contribution is -1.82. The van der Waals surface area contributed by atoms with Crippen LogP contribution in [0.1, 0.15) is 0 Å². The number of thioether (sulfide) groups is 1. The van der Waals surface area contributed by atoms with Gasteiger partial charge in [-0.1, -0.05) is 35.0 Å². The first-order valence-corrected chi connectivity index (χ1v) is 4.63. The molecule has 0 saturated carbocycles. The fraction of sp³-hybridized carbons (Fsp3) is 0.143. The molecule has 0 N–H and O–H groups in total. The average molecular weight is 229 g/mol. The van der Waals surface area contributed by atoms with Crippen LogP contribution < -0.4 is 0 Å². The first kappa shape index (κ1) is 10.1. The lowest BCUT2D eigenvalue weighted by Gasteiger charge is -2.02. The number of alkyl halides is 2. The number of rotatable bonds is 2. The Morgan fingerprint density at radius 1 is 1.25 bits per heavy atom. The zero-order valence-corrected chi connectivity index (χ0v) is 8.06. The maximum atomic E-state index is 11.9. The number of benzene rings is 1. The first-order valence-electron chi connectivity index (χ1n) is 2.99. The maximum absolute atomic E-state index is 11.9. The van der Waals surface area contributed by atoms with Crippen molar-refractivity contribution in [3.63, 3.8) is 0 Å². The topological polar surface area (TPSA) is 0 Å². The van der Waals surface area contributed by atoms with Crippen LogP contribution in [0.2, 0.25) is 10.0 Å². The number of halogens is 4. The quantitative estimate of drug-likeness (QED) is 0.681. The Hall–Kier alpha value is 0.01000. The fourth-order valence-electron chi connectivity index (χ4n) is 0.663. The SMILES string of the molecule is FC(F)Sc1cc(Cl)ccc1Cl. The van der Waals surface area contributed by atoms with Crippen LogP contribution in [0.25, 0.3) is 0 Å². The van der Waals surface area contributed by atoms with Gasteiger partial charge in [0.05, 0.1) is 5.02 Å². The summed E-state index contributed by atoms with van der Waals surface area (Å²) >= 11 is 11.6. The van der Waals surface area contributed by atoms with E-state index in [4.69, 9.17) is 23.2 Å². The molecule has 0 aliphatic heterocycles. The summed E-state index contributed by atoms with van der Waals surface area (Å²) in [4.78, 5) is 0.305. The van der Waals surface area contributed by atoms with Gasteiger partial charge in [0, 0.05) is 9.92 Å². The molecule has 0 spiro atoms. The molecule has 12 heavy (non-hydrogen) atoms. The van der Waals surface area contributed by atoms with E-state index in [-0.39, 0.29) is 0 Å². The van der Waals surface area contributed by atoms with E-state index < -0.39 is 5.76 Å². The van der Waals surface area contributed by atoms with E-state index in [0.29, 0.717) is 26.7 Å². The highest BCUT2D eigenvalue weighted by molar-refractivity contribution is 7.99. The van der Waals surface area contributed by atoms with Crippen molar-refractivity contribution in [2.45, 2.75) is 10.7 Å². The minimum absolute atomic E-state index is 0.296. The Kier molecular flexibility index (Phi) is 3.62. The van der Waals surface area contributed by atoms with Gasteiger partial charge >= 0.3 is 0 Å². The van der Waals surface area contributed by atoms with E-state index in [1.54, 1.807) is 6.07 Å². The third-order valence-corrected chi connectivity index (χ3v) is 2.56. The highest BCUT2D eigenvalue weighted by Gasteiger charge is 2.08. The van der Waals surface area contributed by atoms with Gasteiger partial charge < -0.3 is 0 Å². The van der Waals surface area contributed by atoms with Crippen molar-refractivity contribution in [1.82, 2.24) is 0 Å². The summed E-state index contributed by atoms with van der Waals surface area (Å²) in [7, 11) is 0. The molecule has 0 bridgehead atoms. The molecule has 0 nitrogen and oxygen atoms in total. The Morgan fingerprint density at radius 2 is 1.92 bits per heavy atom. The Balaban J connectivity index is 2.90. The van der Waals surface area contributed by atoms with Gasteiger partial charge in [-0.15, -0.1) is 0 Å². The molecule has 0 radical (unpaired) electrons. The standard InChI is InChI=1S/C7H4Cl2F2S/c8-4-1-2-5(9)6(3-4)12-7(10)11/h1-3,7H. The van der Waals surface area contributed by atoms with Gasteiger partial charge in [0.25, 0.3) is 5.76 Å². The van der Waals surface area contributed by atoms with Gasteiger partial charge in [-0.3, -0.25) is 0 Å². The molecule has 0 aliphatic carbocycles. The third kappa shape index (κ3) is 2.81. The molecule has 0 unspecified atom stereocenters. The van der Waals surface area contributed by atoms with Crippen LogP contribution in [0, 0.1) is 0 Å². The molecule has 1 aromatic carbocycles. The molecule has 0 amide bonds. The van der Waals surface area contributed by atoms with Crippen molar-refractivity contribution in [3.05, 3.63) is 28.2 Å². The summed E-state index contributed by atoms with van der Waals surface area (Å²) in [6.07, 6.45) is 0. The summed E-state index contributed by atoms with van der Waals surface area (Å²) in [6, 6.07) is 4.47. The van der Waals surface area contributed by atoms with E-state index in [2.05, 4.69) is 0 Å². The molecule has 1 aromatic rings. The molecule has 0 fully saturated rings. The van der Waals surface area contributed by atoms with Gasteiger partial charge in [0.15, 0.2) is 0 Å². The molecule has 1 rings (SSSR count). The molecular formula is C7H4Cl2F2S. The second kappa shape index (κ2) is 4.30. The summed E-state index contributed by atoms with van der Waals surface area (Å²) < 4.78 is 23.8. The van der Waals surface area contributed by atoms with Gasteiger partial charge in [0.2, 0.25) is 0 Å². The van der Waals surface area contributed by atoms with E-state index in [1.165, 1.54) is 12.1 Å². The van der Waals surface area contributed by atoms with Crippen molar-refractivity contribution in [3.8, 4) is 0 Å². The largest absolute Gasteiger partial charge is 0.288 e. The molecule has 0 atom stereocenters. The normalized spacial score (nSPS) is 10.8. The summed E-state index contributed by atoms with van der Waals surface area (Å²) in [5, 5.41) is 0.701. The zero-order chi connectivity index (χ0) is 9.14. The van der Waals surface area contributed by atoms with Crippen LogP contribution in [0.15, 0.2) is 23.1 Å². The minimum Gasteiger partial charge on any atom is -0.198 e. The minimum atomic E-state index is -2.47. The predicted molar refractivity (Wildman–Crippen MR) is 48.3 cm³/mol. The maximum Gasteiger partial charge on any atom is 0.288 e. The van der Waals surface area contributed by atoms with Gasteiger partial charge in [-0.2, -0.15) is 8.78 Å². The summed E-state index contributed by atoms with van der Waals surface area (Å²) in [5.41, 5.74) is 0. The van der Waals surface area contributed by atoms with Gasteiger partial charge in [0.1, 0.15) is 0 Å². The second-order valence-corrected chi connectivity index (χ2v) is 3.83. The van der Waals surface area contributed by atoms with Crippen molar-refractivity contribution in [2.75, 3.05) is 0 Å². The lowest BCUT2D eigenvalue weighted by atomic mass is 10.4. The first-order chi connectivity index (χ1) is 5.59. The second-order valence-electron chi connectivity index (χ2n) is 1.95. The van der Waals surface area contributed by atoms with Crippen molar-refractivity contribution in [2.24, 2.45) is 0 Å². The van der Waals surface area contributed by atoms with Crippen LogP contribution in [-0.4, -0.2) is 5.76 Å². The monoisotopic (exact) mass is 228 g/mol. The van der Waals surface area contributed by atoms with Crippen LogP contribution in [0.4, 0.5) is 8.78 Å². The Bertz CT molecular complexity index is 278. The molecule has 0 saturated heterocycles. The smallest absolute Gasteiger partial charge is 0.198 e. The average Bonchev–Trinajstić information content (AvgIpc) is 1.96. The third-order valence-electron chi connectivity index (χ3n) is 1.11. The molecule has 0 aromatic heterocycles. The zero-order valence-electron chi connectivity index (χ0n) is 5.73. The lowest BCUT2D eigenvalue weighted by molar-refractivity contribution is 0.252. The highest BCUT2D eigenvalue weighted by Crippen LogP contribution is 2.33. The van der Waals surface area contributed by atoms with Crippen LogP contribution in [0.5, 0.6) is 0 Å². The number of hydrogen-bond acceptors (Lipinski definition) is 1. The van der Waals surface area contributed by atoms with E-state index in [0.717, 1.165) is 0 Å². The van der Waals surface area contributed by atoms with Crippen LogP contribution >= 0.6 is 35.0 Å². The fourth-order valence-corrected chi connectivity index (χ4v) is 1.72. The summed E-state index contributed by atoms with van der Waals surface area (Å²) in [5.74, 6) is -2.47. The molecule has 0 heterocycles. The van der Waals surface area contributed by atoms with E-state index in [1.807, 2.05) is 0 Å². The van der Waals surface area contributed by atoms with Crippen LogP contribution in [0.3, 0.4) is 0 Å². The summed E-state index contributed by atoms with van der Waals surface area (Å²) in [6.45, 7) is 0. The number of hydrogen-bond donors (Lipinski definition) is 0. The molecule has 0 aliphatic rings. The van der Waals surface area contributed by atoms with Crippen molar-refractivity contribution >= 4 is 35.0 Å². The Labute approximate surface area is 82.9 Å². The van der Waals surface area contributed by atoms with Gasteiger partial charge in [-0.25, -0.2) is 0 Å². The predicted octanol–water partition coefficient (Wildman–Crippen LogP) is 4.31. The van der Waals surface area contributed by atoms with Crippen molar-refractivity contribution in [1.29, 1.82) is 0 Å². The van der Waals surface area contributed by atoms with Gasteiger partial charge in [-0.05, 0) is 18.2 Å².